The van der Waals surface area contributed by atoms with Gasteiger partial charge in [0, 0.05) is 0 Å². The van der Waals surface area contributed by atoms with Crippen LogP contribution in [-0.2, 0) is 9.53 Å². The highest BCUT2D eigenvalue weighted by Gasteiger charge is 2.16. The largest absolute Gasteiger partial charge is 0.466 e. The van der Waals surface area contributed by atoms with Gasteiger partial charge in [-0.1, -0.05) is 6.92 Å². The molecule has 1 N–H and O–H groups in total. The summed E-state index contributed by atoms with van der Waals surface area (Å²) in [7, 11) is 1.89. The molecule has 1 unspecified atom stereocenters. The third kappa shape index (κ3) is 4.34. The van der Waals surface area contributed by atoms with Crippen LogP contribution in [0.15, 0.2) is 0 Å². The van der Waals surface area contributed by atoms with Gasteiger partial charge >= 0.3 is 5.97 Å². The predicted octanol–water partition coefficient (Wildman–Crippen LogP) is 1.19. The van der Waals surface area contributed by atoms with Crippen molar-refractivity contribution in [2.75, 3.05) is 20.2 Å². The highest BCUT2D eigenvalue weighted by molar-refractivity contribution is 5.72. The van der Waals surface area contributed by atoms with Gasteiger partial charge in [0.25, 0.3) is 0 Å². The molecule has 0 aromatic rings. The molecule has 0 radical (unpaired) electrons. The fourth-order valence-electron chi connectivity index (χ4n) is 1.07. The number of rotatable bonds is 6. The van der Waals surface area contributed by atoms with E-state index in [2.05, 4.69) is 5.32 Å². The zero-order valence-corrected chi connectivity index (χ0v) is 8.22. The quantitative estimate of drug-likeness (QED) is 0.613. The van der Waals surface area contributed by atoms with Gasteiger partial charge in [0.05, 0.1) is 12.5 Å². The molecule has 0 aromatic carbocycles. The van der Waals surface area contributed by atoms with Gasteiger partial charge in [0.2, 0.25) is 0 Å². The number of esters is 1. The Morgan fingerprint density at radius 3 is 2.58 bits per heavy atom. The summed E-state index contributed by atoms with van der Waals surface area (Å²) in [6.45, 7) is 5.20. The molecule has 0 saturated carbocycles. The van der Waals surface area contributed by atoms with E-state index >= 15 is 0 Å². The lowest BCUT2D eigenvalue weighted by Gasteiger charge is -2.12. The van der Waals surface area contributed by atoms with Gasteiger partial charge in [-0.2, -0.15) is 0 Å². The SMILES string of the molecule is CCOC(=O)C(CC)CCNC. The molecule has 0 fully saturated rings. The van der Waals surface area contributed by atoms with Crippen molar-refractivity contribution >= 4 is 5.97 Å². The third-order valence-electron chi connectivity index (χ3n) is 1.86. The van der Waals surface area contributed by atoms with Crippen molar-refractivity contribution in [3.63, 3.8) is 0 Å². The van der Waals surface area contributed by atoms with Crippen molar-refractivity contribution in [1.29, 1.82) is 0 Å². The van der Waals surface area contributed by atoms with E-state index in [0.717, 1.165) is 19.4 Å². The Labute approximate surface area is 74.5 Å². The molecule has 0 aliphatic carbocycles. The van der Waals surface area contributed by atoms with Gasteiger partial charge in [-0.15, -0.1) is 0 Å². The highest BCUT2D eigenvalue weighted by Crippen LogP contribution is 2.09. The van der Waals surface area contributed by atoms with Gasteiger partial charge in [-0.3, -0.25) is 4.79 Å². The van der Waals surface area contributed by atoms with Gasteiger partial charge in [0.1, 0.15) is 0 Å². The van der Waals surface area contributed by atoms with Crippen molar-refractivity contribution in [3.05, 3.63) is 0 Å². The number of carbonyl (C=O) groups is 1. The maximum absolute atomic E-state index is 11.2. The van der Waals surface area contributed by atoms with Crippen LogP contribution in [0.3, 0.4) is 0 Å². The maximum Gasteiger partial charge on any atom is 0.308 e. The molecular formula is C9H19NO2. The third-order valence-corrected chi connectivity index (χ3v) is 1.86. The molecule has 0 aliphatic heterocycles. The lowest BCUT2D eigenvalue weighted by Crippen LogP contribution is -2.21. The summed E-state index contributed by atoms with van der Waals surface area (Å²) in [5, 5.41) is 3.02. The summed E-state index contributed by atoms with van der Waals surface area (Å²) < 4.78 is 4.93. The van der Waals surface area contributed by atoms with Crippen LogP contribution in [-0.4, -0.2) is 26.2 Å². The molecule has 0 bridgehead atoms. The van der Waals surface area contributed by atoms with E-state index in [9.17, 15) is 4.79 Å². The zero-order valence-electron chi connectivity index (χ0n) is 8.22. The topological polar surface area (TPSA) is 38.3 Å². The Kier molecular flexibility index (Phi) is 6.76. The Bertz CT molecular complexity index is 126. The Morgan fingerprint density at radius 1 is 1.50 bits per heavy atom. The van der Waals surface area contributed by atoms with Crippen LogP contribution in [0.25, 0.3) is 0 Å². The molecule has 0 amide bonds. The van der Waals surface area contributed by atoms with Crippen LogP contribution >= 0.6 is 0 Å². The molecule has 0 spiro atoms. The summed E-state index contributed by atoms with van der Waals surface area (Å²) in [6, 6.07) is 0. The van der Waals surface area contributed by atoms with E-state index in [4.69, 9.17) is 4.74 Å². The monoisotopic (exact) mass is 173 g/mol. The minimum absolute atomic E-state index is 0.0600. The van der Waals surface area contributed by atoms with Gasteiger partial charge in [-0.25, -0.2) is 0 Å². The fourth-order valence-corrected chi connectivity index (χ4v) is 1.07. The Balaban J connectivity index is 3.71. The first-order valence-electron chi connectivity index (χ1n) is 4.57. The van der Waals surface area contributed by atoms with Crippen LogP contribution in [0.2, 0.25) is 0 Å². The number of hydrogen-bond acceptors (Lipinski definition) is 3. The van der Waals surface area contributed by atoms with Gasteiger partial charge < -0.3 is 10.1 Å². The smallest absolute Gasteiger partial charge is 0.308 e. The standard InChI is InChI=1S/C9H19NO2/c1-4-8(6-7-10-3)9(11)12-5-2/h8,10H,4-7H2,1-3H3. The first-order chi connectivity index (χ1) is 5.76. The molecule has 3 nitrogen and oxygen atoms in total. The summed E-state index contributed by atoms with van der Waals surface area (Å²) in [5.41, 5.74) is 0. The number of nitrogens with one attached hydrogen (secondary N) is 1. The summed E-state index contributed by atoms with van der Waals surface area (Å²) in [4.78, 5) is 11.2. The van der Waals surface area contributed by atoms with Crippen LogP contribution in [0.5, 0.6) is 0 Å². The maximum atomic E-state index is 11.2. The summed E-state index contributed by atoms with van der Waals surface area (Å²) in [5.74, 6) is 0.00708. The second-order valence-electron chi connectivity index (χ2n) is 2.75. The summed E-state index contributed by atoms with van der Waals surface area (Å²) >= 11 is 0. The van der Waals surface area contributed by atoms with Crippen LogP contribution in [0.1, 0.15) is 26.7 Å². The average molecular weight is 173 g/mol. The Morgan fingerprint density at radius 2 is 2.17 bits per heavy atom. The zero-order chi connectivity index (χ0) is 9.40. The van der Waals surface area contributed by atoms with Gasteiger partial charge in [-0.05, 0) is 33.4 Å². The molecule has 0 heterocycles. The van der Waals surface area contributed by atoms with E-state index in [1.807, 2.05) is 20.9 Å². The first-order valence-corrected chi connectivity index (χ1v) is 4.57. The number of ether oxygens (including phenoxy) is 1. The normalized spacial score (nSPS) is 12.6. The molecule has 1 atom stereocenters. The van der Waals surface area contributed by atoms with Crippen LogP contribution < -0.4 is 5.32 Å². The molecule has 72 valence electrons. The van der Waals surface area contributed by atoms with E-state index < -0.39 is 0 Å². The first kappa shape index (κ1) is 11.4. The van der Waals surface area contributed by atoms with E-state index in [0.29, 0.717) is 6.61 Å². The fraction of sp³-hybridized carbons (Fsp3) is 0.889. The summed E-state index contributed by atoms with van der Waals surface area (Å²) in [6.07, 6.45) is 1.73. The molecule has 0 rings (SSSR count). The van der Waals surface area contributed by atoms with E-state index in [1.54, 1.807) is 0 Å². The molecular weight excluding hydrogens is 154 g/mol. The van der Waals surface area contributed by atoms with Crippen molar-refractivity contribution in [2.45, 2.75) is 26.7 Å². The average Bonchev–Trinajstić information content (AvgIpc) is 2.06. The lowest BCUT2D eigenvalue weighted by atomic mass is 10.0. The second kappa shape index (κ2) is 7.10. The van der Waals surface area contributed by atoms with Gasteiger partial charge in [0.15, 0.2) is 0 Å². The van der Waals surface area contributed by atoms with Crippen molar-refractivity contribution < 1.29 is 9.53 Å². The molecule has 3 heteroatoms. The molecule has 0 saturated heterocycles. The van der Waals surface area contributed by atoms with Crippen LogP contribution in [0, 0.1) is 5.92 Å². The highest BCUT2D eigenvalue weighted by atomic mass is 16.5. The van der Waals surface area contributed by atoms with Crippen molar-refractivity contribution in [3.8, 4) is 0 Å². The minimum atomic E-state index is -0.0600. The van der Waals surface area contributed by atoms with Crippen molar-refractivity contribution in [2.24, 2.45) is 5.92 Å². The minimum Gasteiger partial charge on any atom is -0.466 e. The lowest BCUT2D eigenvalue weighted by molar-refractivity contribution is -0.148. The molecule has 12 heavy (non-hydrogen) atoms. The predicted molar refractivity (Wildman–Crippen MR) is 49.0 cm³/mol. The van der Waals surface area contributed by atoms with E-state index in [1.165, 1.54) is 0 Å². The van der Waals surface area contributed by atoms with Crippen molar-refractivity contribution in [1.82, 2.24) is 5.32 Å². The van der Waals surface area contributed by atoms with Crippen LogP contribution in [0.4, 0.5) is 0 Å². The molecule has 0 aromatic heterocycles. The van der Waals surface area contributed by atoms with E-state index in [-0.39, 0.29) is 11.9 Å². The second-order valence-corrected chi connectivity index (χ2v) is 2.75. The molecule has 0 aliphatic rings. The number of hydrogen-bond donors (Lipinski definition) is 1. The number of carbonyl (C=O) groups excluding carboxylic acids is 1. The Hall–Kier alpha value is -0.570.